The molecule has 0 aliphatic carbocycles. The second-order valence-corrected chi connectivity index (χ2v) is 9.65. The van der Waals surface area contributed by atoms with Crippen molar-refractivity contribution in [3.63, 3.8) is 0 Å². The zero-order valence-electron chi connectivity index (χ0n) is 17.7. The Labute approximate surface area is 182 Å². The summed E-state index contributed by atoms with van der Waals surface area (Å²) in [6.45, 7) is 5.05. The van der Waals surface area contributed by atoms with Crippen molar-refractivity contribution in [2.75, 3.05) is 13.1 Å². The average Bonchev–Trinajstić information content (AvgIpc) is 3.45. The Balaban J connectivity index is 1.55. The van der Waals surface area contributed by atoms with Gasteiger partial charge in [0.1, 0.15) is 5.82 Å². The first-order valence-electron chi connectivity index (χ1n) is 10.3. The Morgan fingerprint density at radius 3 is 2.55 bits per heavy atom. The van der Waals surface area contributed by atoms with Crippen LogP contribution >= 0.6 is 0 Å². The number of rotatable bonds is 6. The SMILES string of the molecule is Cc1ccc(C(=O)NCc2ccccc2-n2ccnc2C)cc1S(=O)(=O)N1CCCC1. The van der Waals surface area contributed by atoms with E-state index in [9.17, 15) is 13.2 Å². The van der Waals surface area contributed by atoms with Gasteiger partial charge in [0, 0.05) is 37.6 Å². The van der Waals surface area contributed by atoms with Crippen LogP contribution in [-0.4, -0.2) is 41.3 Å². The van der Waals surface area contributed by atoms with Gasteiger partial charge in [0.25, 0.3) is 5.91 Å². The van der Waals surface area contributed by atoms with E-state index in [1.165, 1.54) is 10.4 Å². The van der Waals surface area contributed by atoms with Crippen LogP contribution in [0.25, 0.3) is 5.69 Å². The van der Waals surface area contributed by atoms with Crippen molar-refractivity contribution < 1.29 is 13.2 Å². The van der Waals surface area contributed by atoms with Gasteiger partial charge in [-0.05, 0) is 56.0 Å². The summed E-state index contributed by atoms with van der Waals surface area (Å²) >= 11 is 0. The predicted octanol–water partition coefficient (Wildman–Crippen LogP) is 3.20. The summed E-state index contributed by atoms with van der Waals surface area (Å²) in [5.41, 5.74) is 2.86. The van der Waals surface area contributed by atoms with E-state index in [4.69, 9.17) is 0 Å². The molecule has 1 aromatic heterocycles. The lowest BCUT2D eigenvalue weighted by Gasteiger charge is -2.18. The number of imidazole rings is 1. The maximum absolute atomic E-state index is 13.0. The van der Waals surface area contributed by atoms with Gasteiger partial charge < -0.3 is 9.88 Å². The molecule has 0 radical (unpaired) electrons. The summed E-state index contributed by atoms with van der Waals surface area (Å²) in [5.74, 6) is 0.545. The minimum atomic E-state index is -3.59. The van der Waals surface area contributed by atoms with Gasteiger partial charge in [0.05, 0.1) is 10.6 Å². The first-order chi connectivity index (χ1) is 14.9. The van der Waals surface area contributed by atoms with E-state index in [0.717, 1.165) is 29.9 Å². The van der Waals surface area contributed by atoms with E-state index in [0.29, 0.717) is 30.8 Å². The van der Waals surface area contributed by atoms with Crippen LogP contribution < -0.4 is 5.32 Å². The van der Waals surface area contributed by atoms with Crippen LogP contribution in [0.5, 0.6) is 0 Å². The molecule has 1 fully saturated rings. The van der Waals surface area contributed by atoms with Gasteiger partial charge in [-0.25, -0.2) is 13.4 Å². The van der Waals surface area contributed by atoms with E-state index in [2.05, 4.69) is 10.3 Å². The van der Waals surface area contributed by atoms with E-state index in [1.807, 2.05) is 42.0 Å². The fourth-order valence-electron chi connectivity index (χ4n) is 3.89. The van der Waals surface area contributed by atoms with Crippen molar-refractivity contribution in [3.8, 4) is 5.69 Å². The molecule has 3 aromatic rings. The third-order valence-electron chi connectivity index (χ3n) is 5.65. The van der Waals surface area contributed by atoms with Crippen molar-refractivity contribution in [2.45, 2.75) is 38.1 Å². The van der Waals surface area contributed by atoms with Gasteiger partial charge in [0.15, 0.2) is 0 Å². The molecule has 0 unspecified atom stereocenters. The molecule has 1 aliphatic heterocycles. The van der Waals surface area contributed by atoms with Gasteiger partial charge in [-0.2, -0.15) is 4.31 Å². The van der Waals surface area contributed by atoms with E-state index in [-0.39, 0.29) is 10.8 Å². The van der Waals surface area contributed by atoms with Crippen molar-refractivity contribution in [2.24, 2.45) is 0 Å². The summed E-state index contributed by atoms with van der Waals surface area (Å²) in [6.07, 6.45) is 5.35. The Morgan fingerprint density at radius 1 is 1.10 bits per heavy atom. The molecule has 0 atom stereocenters. The third kappa shape index (κ3) is 4.26. The number of nitrogens with one attached hydrogen (secondary N) is 1. The smallest absolute Gasteiger partial charge is 0.251 e. The van der Waals surface area contributed by atoms with Crippen LogP contribution in [0.4, 0.5) is 0 Å². The maximum Gasteiger partial charge on any atom is 0.251 e. The fraction of sp³-hybridized carbons (Fsp3) is 0.304. The Kier molecular flexibility index (Phi) is 5.93. The standard InChI is InChI=1S/C23H26N4O3S/c1-17-9-10-19(15-22(17)31(29,30)26-12-5-6-13-26)23(28)25-16-20-7-3-4-8-21(20)27-14-11-24-18(27)2/h3-4,7-11,14-15H,5-6,12-13,16H2,1-2H3,(H,25,28). The number of hydrogen-bond donors (Lipinski definition) is 1. The highest BCUT2D eigenvalue weighted by molar-refractivity contribution is 7.89. The van der Waals surface area contributed by atoms with Crippen molar-refractivity contribution in [1.82, 2.24) is 19.2 Å². The van der Waals surface area contributed by atoms with Crippen molar-refractivity contribution in [1.29, 1.82) is 0 Å². The minimum Gasteiger partial charge on any atom is -0.348 e. The lowest BCUT2D eigenvalue weighted by atomic mass is 10.1. The zero-order valence-corrected chi connectivity index (χ0v) is 18.5. The number of amides is 1. The number of carbonyl (C=O) groups excluding carboxylic acids is 1. The number of nitrogens with zero attached hydrogens (tertiary/aromatic N) is 3. The van der Waals surface area contributed by atoms with E-state index < -0.39 is 10.0 Å². The number of benzene rings is 2. The predicted molar refractivity (Wildman–Crippen MR) is 119 cm³/mol. The minimum absolute atomic E-state index is 0.205. The lowest BCUT2D eigenvalue weighted by Crippen LogP contribution is -2.29. The second kappa shape index (κ2) is 8.64. The molecule has 8 heteroatoms. The molecule has 162 valence electrons. The molecule has 1 aliphatic rings. The summed E-state index contributed by atoms with van der Waals surface area (Å²) in [5, 5.41) is 2.92. The third-order valence-corrected chi connectivity index (χ3v) is 7.69. The molecule has 0 spiro atoms. The molecule has 1 N–H and O–H groups in total. The Morgan fingerprint density at radius 2 is 1.84 bits per heavy atom. The van der Waals surface area contributed by atoms with Gasteiger partial charge in [-0.15, -0.1) is 0 Å². The highest BCUT2D eigenvalue weighted by Crippen LogP contribution is 2.25. The highest BCUT2D eigenvalue weighted by Gasteiger charge is 2.29. The van der Waals surface area contributed by atoms with Crippen LogP contribution in [0.1, 0.15) is 40.2 Å². The van der Waals surface area contributed by atoms with Crippen molar-refractivity contribution >= 4 is 15.9 Å². The molecule has 4 rings (SSSR count). The van der Waals surface area contributed by atoms with Crippen molar-refractivity contribution in [3.05, 3.63) is 77.4 Å². The van der Waals surface area contributed by atoms with E-state index >= 15 is 0 Å². The molecule has 31 heavy (non-hydrogen) atoms. The summed E-state index contributed by atoms with van der Waals surface area (Å²) in [4.78, 5) is 17.3. The normalized spacial score (nSPS) is 14.6. The Hall–Kier alpha value is -2.97. The number of sulfonamides is 1. The lowest BCUT2D eigenvalue weighted by molar-refractivity contribution is 0.0950. The average molecular weight is 439 g/mol. The molecule has 1 saturated heterocycles. The summed E-state index contributed by atoms with van der Waals surface area (Å²) in [6, 6.07) is 12.6. The summed E-state index contributed by atoms with van der Waals surface area (Å²) < 4.78 is 29.5. The van der Waals surface area contributed by atoms with Crippen LogP contribution in [0, 0.1) is 13.8 Å². The zero-order chi connectivity index (χ0) is 22.0. The maximum atomic E-state index is 13.0. The van der Waals surface area contributed by atoms with Gasteiger partial charge in [0.2, 0.25) is 10.0 Å². The van der Waals surface area contributed by atoms with Crippen LogP contribution in [0.15, 0.2) is 59.8 Å². The molecular weight excluding hydrogens is 412 g/mol. The van der Waals surface area contributed by atoms with Gasteiger partial charge in [-0.1, -0.05) is 24.3 Å². The molecule has 0 saturated carbocycles. The summed E-state index contributed by atoms with van der Waals surface area (Å²) in [7, 11) is -3.59. The number of hydrogen-bond acceptors (Lipinski definition) is 4. The number of aryl methyl sites for hydroxylation is 2. The topological polar surface area (TPSA) is 84.3 Å². The highest BCUT2D eigenvalue weighted by atomic mass is 32.2. The van der Waals surface area contributed by atoms with Gasteiger partial charge >= 0.3 is 0 Å². The van der Waals surface area contributed by atoms with Crippen LogP contribution in [0.2, 0.25) is 0 Å². The first-order valence-corrected chi connectivity index (χ1v) is 11.8. The second-order valence-electron chi connectivity index (χ2n) is 7.75. The van der Waals surface area contributed by atoms with Crippen LogP contribution in [-0.2, 0) is 16.6 Å². The number of para-hydroxylation sites is 1. The number of carbonyl (C=O) groups is 1. The molecule has 7 nitrogen and oxygen atoms in total. The fourth-order valence-corrected chi connectivity index (χ4v) is 5.66. The number of aromatic nitrogens is 2. The Bertz CT molecular complexity index is 1210. The molecule has 2 heterocycles. The first kappa shape index (κ1) is 21.3. The molecule has 2 aromatic carbocycles. The molecular formula is C23H26N4O3S. The van der Waals surface area contributed by atoms with Gasteiger partial charge in [-0.3, -0.25) is 4.79 Å². The van der Waals surface area contributed by atoms with E-state index in [1.54, 1.807) is 25.3 Å². The monoisotopic (exact) mass is 438 g/mol. The quantitative estimate of drug-likeness (QED) is 0.641. The molecule has 0 bridgehead atoms. The largest absolute Gasteiger partial charge is 0.348 e. The van der Waals surface area contributed by atoms with Crippen LogP contribution in [0.3, 0.4) is 0 Å². The molecule has 1 amide bonds.